The van der Waals surface area contributed by atoms with Gasteiger partial charge in [0.1, 0.15) is 45.8 Å². The third-order valence-corrected chi connectivity index (χ3v) is 8.15. The van der Waals surface area contributed by atoms with Gasteiger partial charge in [-0.1, -0.05) is 24.3 Å². The Kier molecular flexibility index (Phi) is 10.4. The fourth-order valence-corrected chi connectivity index (χ4v) is 5.48. The molecule has 1 aliphatic heterocycles. The summed E-state index contributed by atoms with van der Waals surface area (Å²) < 4.78 is 29.3. The molecule has 0 spiro atoms. The molecule has 14 heteroatoms. The first-order chi connectivity index (χ1) is 25.4. The van der Waals surface area contributed by atoms with Crippen LogP contribution in [-0.4, -0.2) is 73.3 Å². The van der Waals surface area contributed by atoms with Gasteiger partial charge in [-0.15, -0.1) is 0 Å². The number of carbonyl (C=O) groups is 2. The van der Waals surface area contributed by atoms with Gasteiger partial charge in [0.25, 0.3) is 0 Å². The first kappa shape index (κ1) is 36.0. The number of ether oxygens (including phenoxy) is 4. The zero-order valence-corrected chi connectivity index (χ0v) is 27.7. The number of benzene rings is 4. The number of aliphatic hydroxyl groups is 1. The Labute approximate surface area is 300 Å². The Morgan fingerprint density at radius 2 is 1.21 bits per heavy atom. The summed E-state index contributed by atoms with van der Waals surface area (Å²) in [5.74, 6) is -3.89. The van der Waals surface area contributed by atoms with Crippen LogP contribution in [0.15, 0.2) is 106 Å². The molecule has 1 aromatic heterocycles. The maximum Gasteiger partial charge on any atom is 0.331 e. The first-order valence-corrected chi connectivity index (χ1v) is 16.0. The summed E-state index contributed by atoms with van der Waals surface area (Å²) in [6.45, 7) is 1.43. The van der Waals surface area contributed by atoms with Crippen molar-refractivity contribution in [3.63, 3.8) is 0 Å². The van der Waals surface area contributed by atoms with Crippen LogP contribution in [0.3, 0.4) is 0 Å². The lowest BCUT2D eigenvalue weighted by atomic mass is 9.99. The van der Waals surface area contributed by atoms with Crippen molar-refractivity contribution in [3.8, 4) is 45.8 Å². The molecular formula is C39H32O14. The number of hydrogen-bond acceptors (Lipinski definition) is 14. The minimum atomic E-state index is -1.76. The van der Waals surface area contributed by atoms with E-state index in [-0.39, 0.29) is 39.5 Å². The summed E-state index contributed by atoms with van der Waals surface area (Å²) in [5, 5.41) is 60.6. The molecule has 1 saturated heterocycles. The van der Waals surface area contributed by atoms with Crippen molar-refractivity contribution in [2.45, 2.75) is 37.6 Å². The fourth-order valence-electron chi connectivity index (χ4n) is 5.48. The largest absolute Gasteiger partial charge is 0.508 e. The third kappa shape index (κ3) is 8.25. The monoisotopic (exact) mass is 724 g/mol. The molecule has 6 N–H and O–H groups in total. The number of rotatable bonds is 9. The van der Waals surface area contributed by atoms with Gasteiger partial charge in [-0.2, -0.15) is 0 Å². The molecule has 0 bridgehead atoms. The van der Waals surface area contributed by atoms with Crippen LogP contribution >= 0.6 is 0 Å². The van der Waals surface area contributed by atoms with Crippen LogP contribution in [0.1, 0.15) is 18.1 Å². The maximum atomic E-state index is 14.0. The van der Waals surface area contributed by atoms with Crippen molar-refractivity contribution in [1.82, 2.24) is 0 Å². The summed E-state index contributed by atoms with van der Waals surface area (Å²) in [6, 6.07) is 19.2. The quantitative estimate of drug-likeness (QED) is 0.0894. The highest BCUT2D eigenvalue weighted by Crippen LogP contribution is 2.38. The number of aromatic hydroxyl groups is 5. The normalized spacial score (nSPS) is 20.1. The standard InChI is InChI=1S/C39H32O14/c1-20-33(47)36(51-30(45)16-6-21-2-10-24(40)11-3-21)38(52-31(46)17-7-22-4-12-25(41)13-5-22)39(49-20)53-37-34(48)32-28(44)18-27(43)19-29(32)50-35(37)23-8-14-26(42)15-9-23/h2-20,33,36,38-44,47H,1H3/b16-6+,17-7+. The second kappa shape index (κ2) is 15.2. The Bertz CT molecular complexity index is 2240. The van der Waals surface area contributed by atoms with Crippen LogP contribution in [0, 0.1) is 0 Å². The molecule has 5 atom stereocenters. The van der Waals surface area contributed by atoms with E-state index in [9.17, 15) is 45.0 Å². The summed E-state index contributed by atoms with van der Waals surface area (Å²) >= 11 is 0. The Morgan fingerprint density at radius 3 is 1.75 bits per heavy atom. The van der Waals surface area contributed by atoms with Gasteiger partial charge in [-0.25, -0.2) is 9.59 Å². The van der Waals surface area contributed by atoms with Gasteiger partial charge in [0, 0.05) is 29.8 Å². The van der Waals surface area contributed by atoms with E-state index in [0.717, 1.165) is 24.3 Å². The van der Waals surface area contributed by atoms with Gasteiger partial charge in [0.15, 0.2) is 11.9 Å². The lowest BCUT2D eigenvalue weighted by molar-refractivity contribution is -0.276. The number of esters is 2. The molecule has 272 valence electrons. The van der Waals surface area contributed by atoms with Crippen LogP contribution in [-0.2, 0) is 23.8 Å². The second-order valence-electron chi connectivity index (χ2n) is 11.9. The van der Waals surface area contributed by atoms with Gasteiger partial charge >= 0.3 is 11.9 Å². The predicted molar refractivity (Wildman–Crippen MR) is 188 cm³/mol. The first-order valence-electron chi connectivity index (χ1n) is 16.0. The predicted octanol–water partition coefficient (Wildman–Crippen LogP) is 4.72. The van der Waals surface area contributed by atoms with Crippen molar-refractivity contribution in [1.29, 1.82) is 0 Å². The molecule has 0 aliphatic carbocycles. The molecule has 0 radical (unpaired) electrons. The molecule has 0 amide bonds. The number of aliphatic hydroxyl groups excluding tert-OH is 1. The molecule has 53 heavy (non-hydrogen) atoms. The molecule has 4 aromatic carbocycles. The van der Waals surface area contributed by atoms with Crippen LogP contribution in [0.5, 0.6) is 34.5 Å². The summed E-state index contributed by atoms with van der Waals surface area (Å²) in [6.07, 6.45) is -3.00. The fraction of sp³-hybridized carbons (Fsp3) is 0.154. The van der Waals surface area contributed by atoms with Crippen LogP contribution in [0.4, 0.5) is 0 Å². The number of fused-ring (bicyclic) bond motifs is 1. The Hall–Kier alpha value is -6.77. The minimum Gasteiger partial charge on any atom is -0.508 e. The highest BCUT2D eigenvalue weighted by Gasteiger charge is 2.50. The molecule has 2 heterocycles. The number of carbonyl (C=O) groups excluding carboxylic acids is 2. The van der Waals surface area contributed by atoms with Gasteiger partial charge in [-0.3, -0.25) is 4.79 Å². The van der Waals surface area contributed by atoms with Crippen molar-refractivity contribution in [3.05, 3.63) is 118 Å². The molecule has 0 saturated carbocycles. The summed E-state index contributed by atoms with van der Waals surface area (Å²) in [7, 11) is 0. The number of hydrogen-bond donors (Lipinski definition) is 6. The van der Waals surface area contributed by atoms with E-state index in [1.807, 2.05) is 0 Å². The van der Waals surface area contributed by atoms with Crippen LogP contribution in [0.2, 0.25) is 0 Å². The van der Waals surface area contributed by atoms with Crippen molar-refractivity contribution in [2.24, 2.45) is 0 Å². The van der Waals surface area contributed by atoms with Gasteiger partial charge in [-0.05, 0) is 78.7 Å². The molecule has 1 aliphatic rings. The van der Waals surface area contributed by atoms with E-state index in [1.54, 1.807) is 12.1 Å². The van der Waals surface area contributed by atoms with E-state index >= 15 is 0 Å². The van der Waals surface area contributed by atoms with E-state index in [4.69, 9.17) is 23.4 Å². The Balaban J connectivity index is 1.40. The van der Waals surface area contributed by atoms with Crippen molar-refractivity contribution >= 4 is 35.1 Å². The SMILES string of the molecule is CC1OC(Oc2c(-c3ccc(O)cc3)oc3cc(O)cc(O)c3c2=O)C(OC(=O)/C=C/c2ccc(O)cc2)C(OC(=O)/C=C/c2ccc(O)cc2)C1O. The number of phenolic OH excluding ortho intramolecular Hbond substituents is 5. The highest BCUT2D eigenvalue weighted by molar-refractivity contribution is 5.89. The van der Waals surface area contributed by atoms with E-state index in [1.165, 1.54) is 79.7 Å². The highest BCUT2D eigenvalue weighted by atomic mass is 16.7. The van der Waals surface area contributed by atoms with Crippen molar-refractivity contribution < 1.29 is 63.6 Å². The van der Waals surface area contributed by atoms with E-state index in [0.29, 0.717) is 11.1 Å². The van der Waals surface area contributed by atoms with Crippen LogP contribution < -0.4 is 10.2 Å². The van der Waals surface area contributed by atoms with E-state index < -0.39 is 65.3 Å². The second-order valence-corrected chi connectivity index (χ2v) is 11.9. The van der Waals surface area contributed by atoms with Gasteiger partial charge in [0.05, 0.1) is 6.10 Å². The third-order valence-electron chi connectivity index (χ3n) is 8.15. The van der Waals surface area contributed by atoms with Gasteiger partial charge < -0.3 is 54.0 Å². The molecule has 14 nitrogen and oxygen atoms in total. The Morgan fingerprint density at radius 1 is 0.698 bits per heavy atom. The molecular weight excluding hydrogens is 692 g/mol. The zero-order chi connectivity index (χ0) is 37.8. The average Bonchev–Trinajstić information content (AvgIpc) is 3.12. The maximum absolute atomic E-state index is 14.0. The molecule has 6 rings (SSSR count). The molecule has 5 aromatic rings. The molecule has 1 fully saturated rings. The lowest BCUT2D eigenvalue weighted by Gasteiger charge is -2.41. The van der Waals surface area contributed by atoms with Gasteiger partial charge in [0.2, 0.25) is 23.6 Å². The zero-order valence-electron chi connectivity index (χ0n) is 27.7. The number of phenols is 5. The lowest BCUT2D eigenvalue weighted by Crippen LogP contribution is -2.61. The average molecular weight is 725 g/mol. The summed E-state index contributed by atoms with van der Waals surface area (Å²) in [5.41, 5.74) is 0.103. The summed E-state index contributed by atoms with van der Waals surface area (Å²) in [4.78, 5) is 40.4. The van der Waals surface area contributed by atoms with Crippen LogP contribution in [0.25, 0.3) is 34.4 Å². The minimum absolute atomic E-state index is 0.00579. The smallest absolute Gasteiger partial charge is 0.331 e. The van der Waals surface area contributed by atoms with E-state index in [2.05, 4.69) is 0 Å². The van der Waals surface area contributed by atoms with Crippen molar-refractivity contribution in [2.75, 3.05) is 0 Å². The molecule has 5 unspecified atom stereocenters. The topological polar surface area (TPSA) is 223 Å².